The number of halogens is 2. The quantitative estimate of drug-likeness (QED) is 0.696. The van der Waals surface area contributed by atoms with E-state index in [1.165, 1.54) is 12.5 Å². The molecule has 0 saturated heterocycles. The van der Waals surface area contributed by atoms with Crippen molar-refractivity contribution in [2.45, 2.75) is 26.7 Å². The van der Waals surface area contributed by atoms with E-state index in [-0.39, 0.29) is 5.82 Å². The number of hydrogen-bond donors (Lipinski definition) is 0. The maximum absolute atomic E-state index is 13.0. The summed E-state index contributed by atoms with van der Waals surface area (Å²) in [6, 6.07) is 6.92. The molecule has 0 aliphatic heterocycles. The third-order valence-electron chi connectivity index (χ3n) is 3.03. The molecule has 0 aliphatic carbocycles. The minimum atomic E-state index is -0.134. The van der Waals surface area contributed by atoms with Crippen molar-refractivity contribution in [1.82, 2.24) is 0 Å². The van der Waals surface area contributed by atoms with Crippen LogP contribution in [-0.2, 0) is 6.42 Å². The Kier molecular flexibility index (Phi) is 5.30. The van der Waals surface area contributed by atoms with Gasteiger partial charge in [-0.2, -0.15) is 0 Å². The Hall–Kier alpha value is -0.370. The number of benzene rings is 1. The molecule has 0 saturated carbocycles. The largest absolute Gasteiger partial charge is 0.207 e. The SMILES string of the molecule is CCC(C)C(CBr)Cc1cccc(F)c1. The van der Waals surface area contributed by atoms with Crippen molar-refractivity contribution in [3.05, 3.63) is 35.6 Å². The first kappa shape index (κ1) is 12.7. The van der Waals surface area contributed by atoms with Gasteiger partial charge >= 0.3 is 0 Å². The van der Waals surface area contributed by atoms with Crippen molar-refractivity contribution in [1.29, 1.82) is 0 Å². The molecular weight excluding hydrogens is 255 g/mol. The van der Waals surface area contributed by atoms with E-state index in [2.05, 4.69) is 29.8 Å². The zero-order valence-corrected chi connectivity index (χ0v) is 10.9. The van der Waals surface area contributed by atoms with Crippen LogP contribution in [0.4, 0.5) is 4.39 Å². The first-order valence-electron chi connectivity index (χ1n) is 5.47. The molecule has 84 valence electrons. The number of hydrogen-bond acceptors (Lipinski definition) is 0. The number of rotatable bonds is 5. The van der Waals surface area contributed by atoms with Crippen LogP contribution in [0, 0.1) is 17.7 Å². The Balaban J connectivity index is 2.66. The first-order valence-corrected chi connectivity index (χ1v) is 6.60. The minimum Gasteiger partial charge on any atom is -0.207 e. The van der Waals surface area contributed by atoms with Crippen molar-refractivity contribution in [3.63, 3.8) is 0 Å². The lowest BCUT2D eigenvalue weighted by atomic mass is 9.88. The van der Waals surface area contributed by atoms with Crippen LogP contribution in [0.3, 0.4) is 0 Å². The maximum Gasteiger partial charge on any atom is 0.123 e. The third kappa shape index (κ3) is 3.94. The third-order valence-corrected chi connectivity index (χ3v) is 3.87. The molecule has 0 heterocycles. The number of alkyl halides is 1. The van der Waals surface area contributed by atoms with Crippen LogP contribution in [0.15, 0.2) is 24.3 Å². The topological polar surface area (TPSA) is 0 Å². The summed E-state index contributed by atoms with van der Waals surface area (Å²) < 4.78 is 13.0. The normalized spacial score (nSPS) is 14.9. The highest BCUT2D eigenvalue weighted by Crippen LogP contribution is 2.22. The Bertz CT molecular complexity index is 298. The highest BCUT2D eigenvalue weighted by molar-refractivity contribution is 9.09. The summed E-state index contributed by atoms with van der Waals surface area (Å²) in [4.78, 5) is 0. The van der Waals surface area contributed by atoms with E-state index < -0.39 is 0 Å². The van der Waals surface area contributed by atoms with Crippen molar-refractivity contribution < 1.29 is 4.39 Å². The smallest absolute Gasteiger partial charge is 0.123 e. The van der Waals surface area contributed by atoms with Gasteiger partial charge in [-0.25, -0.2) is 4.39 Å². The average molecular weight is 273 g/mol. The van der Waals surface area contributed by atoms with Gasteiger partial charge < -0.3 is 0 Å². The van der Waals surface area contributed by atoms with Gasteiger partial charge in [0, 0.05) is 5.33 Å². The van der Waals surface area contributed by atoms with E-state index in [1.54, 1.807) is 12.1 Å². The molecule has 0 radical (unpaired) electrons. The fourth-order valence-electron chi connectivity index (χ4n) is 1.71. The molecule has 2 heteroatoms. The molecule has 0 amide bonds. The predicted molar refractivity (Wildman–Crippen MR) is 66.8 cm³/mol. The van der Waals surface area contributed by atoms with E-state index >= 15 is 0 Å². The molecule has 1 aromatic rings. The Morgan fingerprint density at radius 1 is 1.40 bits per heavy atom. The lowest BCUT2D eigenvalue weighted by molar-refractivity contribution is 0.383. The first-order chi connectivity index (χ1) is 7.17. The minimum absolute atomic E-state index is 0.134. The van der Waals surface area contributed by atoms with Gasteiger partial charge in [0.25, 0.3) is 0 Å². The second-order valence-electron chi connectivity index (χ2n) is 4.13. The molecule has 0 bridgehead atoms. The van der Waals surface area contributed by atoms with Crippen LogP contribution in [-0.4, -0.2) is 5.33 Å². The van der Waals surface area contributed by atoms with E-state index in [1.807, 2.05) is 6.07 Å². The monoisotopic (exact) mass is 272 g/mol. The van der Waals surface area contributed by atoms with Gasteiger partial charge in [0.2, 0.25) is 0 Å². The zero-order valence-electron chi connectivity index (χ0n) is 9.34. The summed E-state index contributed by atoms with van der Waals surface area (Å²) in [5, 5.41) is 0.985. The standard InChI is InChI=1S/C13H18BrF/c1-3-10(2)12(9-14)7-11-5-4-6-13(15)8-11/h4-6,8,10,12H,3,7,9H2,1-2H3. The second kappa shape index (κ2) is 6.26. The molecule has 2 unspecified atom stereocenters. The van der Waals surface area contributed by atoms with Crippen LogP contribution in [0.5, 0.6) is 0 Å². The molecular formula is C13H18BrF. The highest BCUT2D eigenvalue weighted by Gasteiger charge is 2.15. The Labute approximate surface area is 100 Å². The van der Waals surface area contributed by atoms with Crippen LogP contribution >= 0.6 is 15.9 Å². The van der Waals surface area contributed by atoms with Gasteiger partial charge in [0.15, 0.2) is 0 Å². The van der Waals surface area contributed by atoms with E-state index in [0.717, 1.165) is 17.3 Å². The van der Waals surface area contributed by atoms with Gasteiger partial charge in [-0.15, -0.1) is 0 Å². The molecule has 0 spiro atoms. The summed E-state index contributed by atoms with van der Waals surface area (Å²) >= 11 is 3.54. The Morgan fingerprint density at radius 3 is 2.67 bits per heavy atom. The summed E-state index contributed by atoms with van der Waals surface area (Å²) in [6.45, 7) is 4.46. The van der Waals surface area contributed by atoms with Gasteiger partial charge in [0.1, 0.15) is 5.82 Å². The van der Waals surface area contributed by atoms with Crippen LogP contribution in [0.1, 0.15) is 25.8 Å². The molecule has 1 rings (SSSR count). The maximum atomic E-state index is 13.0. The summed E-state index contributed by atoms with van der Waals surface area (Å²) in [5.74, 6) is 1.13. The van der Waals surface area contributed by atoms with E-state index in [4.69, 9.17) is 0 Å². The van der Waals surface area contributed by atoms with E-state index in [9.17, 15) is 4.39 Å². The lowest BCUT2D eigenvalue weighted by Crippen LogP contribution is -2.15. The summed E-state index contributed by atoms with van der Waals surface area (Å²) in [6.07, 6.45) is 2.13. The summed E-state index contributed by atoms with van der Waals surface area (Å²) in [7, 11) is 0. The van der Waals surface area contributed by atoms with Gasteiger partial charge in [0.05, 0.1) is 0 Å². The zero-order chi connectivity index (χ0) is 11.3. The molecule has 0 nitrogen and oxygen atoms in total. The molecule has 0 fully saturated rings. The molecule has 0 N–H and O–H groups in total. The summed E-state index contributed by atoms with van der Waals surface area (Å²) in [5.41, 5.74) is 1.10. The van der Waals surface area contributed by atoms with Gasteiger partial charge in [-0.1, -0.05) is 48.3 Å². The van der Waals surface area contributed by atoms with Crippen LogP contribution < -0.4 is 0 Å². The van der Waals surface area contributed by atoms with Crippen molar-refractivity contribution in [2.24, 2.45) is 11.8 Å². The van der Waals surface area contributed by atoms with Crippen LogP contribution in [0.2, 0.25) is 0 Å². The Morgan fingerprint density at radius 2 is 2.13 bits per heavy atom. The fourth-order valence-corrected chi connectivity index (χ4v) is 2.57. The second-order valence-corrected chi connectivity index (χ2v) is 4.78. The molecule has 15 heavy (non-hydrogen) atoms. The highest BCUT2D eigenvalue weighted by atomic mass is 79.9. The molecule has 0 aliphatic rings. The van der Waals surface area contributed by atoms with Crippen LogP contribution in [0.25, 0.3) is 0 Å². The van der Waals surface area contributed by atoms with Crippen molar-refractivity contribution >= 4 is 15.9 Å². The van der Waals surface area contributed by atoms with Crippen molar-refractivity contribution in [3.8, 4) is 0 Å². The van der Waals surface area contributed by atoms with Gasteiger partial charge in [-0.05, 0) is 36.0 Å². The van der Waals surface area contributed by atoms with Gasteiger partial charge in [-0.3, -0.25) is 0 Å². The predicted octanol–water partition coefficient (Wildman–Crippen LogP) is 4.43. The fraction of sp³-hybridized carbons (Fsp3) is 0.538. The lowest BCUT2D eigenvalue weighted by Gasteiger charge is -2.20. The molecule has 2 atom stereocenters. The van der Waals surface area contributed by atoms with E-state index in [0.29, 0.717) is 11.8 Å². The molecule has 1 aromatic carbocycles. The molecule has 0 aromatic heterocycles. The average Bonchev–Trinajstić information content (AvgIpc) is 2.25. The van der Waals surface area contributed by atoms with Crippen molar-refractivity contribution in [2.75, 3.05) is 5.33 Å².